The molecule has 0 aromatic heterocycles. The fraction of sp³-hybridized carbons (Fsp3) is 0.333. The van der Waals surface area contributed by atoms with Crippen molar-refractivity contribution in [3.63, 3.8) is 0 Å². The zero-order valence-corrected chi connectivity index (χ0v) is 18.1. The summed E-state index contributed by atoms with van der Waals surface area (Å²) in [6.07, 6.45) is 0.806. The first-order valence-corrected chi connectivity index (χ1v) is 11.4. The van der Waals surface area contributed by atoms with Gasteiger partial charge in [0, 0.05) is 18.8 Å². The SMILES string of the molecule is O=C(COC(=O)C1CCCN(S(=O)(=O)c2ccc(F)cc2)C1)Nc1ccc(OC(F)F)cc1. The molecular formula is C21H21F3N2O6S. The Balaban J connectivity index is 1.51. The molecular weight excluding hydrogens is 465 g/mol. The van der Waals surface area contributed by atoms with Crippen LogP contribution >= 0.6 is 0 Å². The molecule has 33 heavy (non-hydrogen) atoms. The van der Waals surface area contributed by atoms with E-state index in [1.54, 1.807) is 0 Å². The second-order valence-electron chi connectivity index (χ2n) is 7.21. The molecule has 3 rings (SSSR count). The number of nitrogens with zero attached hydrogens (tertiary/aromatic N) is 1. The molecule has 1 aliphatic heterocycles. The van der Waals surface area contributed by atoms with Gasteiger partial charge in [0.1, 0.15) is 11.6 Å². The zero-order chi connectivity index (χ0) is 24.0. The fourth-order valence-electron chi connectivity index (χ4n) is 3.28. The van der Waals surface area contributed by atoms with Gasteiger partial charge in [0.15, 0.2) is 6.61 Å². The second kappa shape index (κ2) is 10.7. The molecule has 1 heterocycles. The molecule has 1 atom stereocenters. The number of carbonyl (C=O) groups is 2. The van der Waals surface area contributed by atoms with Crippen LogP contribution in [0, 0.1) is 11.7 Å². The quantitative estimate of drug-likeness (QED) is 0.576. The third kappa shape index (κ3) is 6.68. The van der Waals surface area contributed by atoms with Gasteiger partial charge in [0.05, 0.1) is 10.8 Å². The van der Waals surface area contributed by atoms with E-state index in [2.05, 4.69) is 10.1 Å². The first kappa shape index (κ1) is 24.5. The highest BCUT2D eigenvalue weighted by atomic mass is 32.2. The van der Waals surface area contributed by atoms with Crippen molar-refractivity contribution in [1.29, 1.82) is 0 Å². The molecule has 0 saturated carbocycles. The highest BCUT2D eigenvalue weighted by Crippen LogP contribution is 2.25. The van der Waals surface area contributed by atoms with Crippen LogP contribution in [0.5, 0.6) is 5.75 Å². The van der Waals surface area contributed by atoms with E-state index in [0.717, 1.165) is 28.6 Å². The van der Waals surface area contributed by atoms with Crippen molar-refractivity contribution in [3.05, 3.63) is 54.3 Å². The summed E-state index contributed by atoms with van der Waals surface area (Å²) in [5.74, 6) is -2.77. The van der Waals surface area contributed by atoms with Gasteiger partial charge in [-0.15, -0.1) is 0 Å². The van der Waals surface area contributed by atoms with Crippen LogP contribution < -0.4 is 10.1 Å². The number of alkyl halides is 2. The van der Waals surface area contributed by atoms with Gasteiger partial charge in [-0.1, -0.05) is 0 Å². The van der Waals surface area contributed by atoms with Gasteiger partial charge in [0.2, 0.25) is 10.0 Å². The number of anilines is 1. The summed E-state index contributed by atoms with van der Waals surface area (Å²) in [7, 11) is -3.91. The van der Waals surface area contributed by atoms with Crippen LogP contribution in [-0.2, 0) is 24.3 Å². The van der Waals surface area contributed by atoms with E-state index in [-0.39, 0.29) is 29.4 Å². The van der Waals surface area contributed by atoms with Crippen molar-refractivity contribution in [3.8, 4) is 5.75 Å². The van der Waals surface area contributed by atoms with Gasteiger partial charge >= 0.3 is 12.6 Å². The maximum atomic E-state index is 13.1. The van der Waals surface area contributed by atoms with Crippen molar-refractivity contribution in [2.75, 3.05) is 25.0 Å². The first-order valence-electron chi connectivity index (χ1n) is 9.92. The Morgan fingerprint density at radius 3 is 2.39 bits per heavy atom. The molecule has 0 spiro atoms. The number of nitrogens with one attached hydrogen (secondary N) is 1. The summed E-state index contributed by atoms with van der Waals surface area (Å²) in [5.41, 5.74) is 0.284. The van der Waals surface area contributed by atoms with E-state index in [9.17, 15) is 31.2 Å². The van der Waals surface area contributed by atoms with Crippen LogP contribution in [0.2, 0.25) is 0 Å². The summed E-state index contributed by atoms with van der Waals surface area (Å²) in [6, 6.07) is 9.57. The number of hydrogen-bond acceptors (Lipinski definition) is 6. The van der Waals surface area contributed by atoms with Crippen LogP contribution in [0.3, 0.4) is 0 Å². The molecule has 1 saturated heterocycles. The number of benzene rings is 2. The summed E-state index contributed by atoms with van der Waals surface area (Å²) in [5, 5.41) is 2.44. The summed E-state index contributed by atoms with van der Waals surface area (Å²) in [4.78, 5) is 24.3. The zero-order valence-electron chi connectivity index (χ0n) is 17.2. The fourth-order valence-corrected chi connectivity index (χ4v) is 4.80. The van der Waals surface area contributed by atoms with Gasteiger partial charge in [0.25, 0.3) is 5.91 Å². The van der Waals surface area contributed by atoms with Crippen molar-refractivity contribution < 1.29 is 40.7 Å². The lowest BCUT2D eigenvalue weighted by Gasteiger charge is -2.30. The lowest BCUT2D eigenvalue weighted by molar-refractivity contribution is -0.152. The van der Waals surface area contributed by atoms with Crippen LogP contribution in [0.15, 0.2) is 53.4 Å². The van der Waals surface area contributed by atoms with Crippen molar-refractivity contribution in [1.82, 2.24) is 4.31 Å². The number of ether oxygens (including phenoxy) is 2. The van der Waals surface area contributed by atoms with E-state index >= 15 is 0 Å². The third-order valence-corrected chi connectivity index (χ3v) is 6.76. The van der Waals surface area contributed by atoms with Gasteiger partial charge in [-0.3, -0.25) is 9.59 Å². The van der Waals surface area contributed by atoms with Gasteiger partial charge in [-0.25, -0.2) is 12.8 Å². The Labute approximate surface area is 188 Å². The Morgan fingerprint density at radius 2 is 1.76 bits per heavy atom. The van der Waals surface area contributed by atoms with Gasteiger partial charge in [-0.05, 0) is 61.4 Å². The second-order valence-corrected chi connectivity index (χ2v) is 9.15. The standard InChI is InChI=1S/C21H21F3N2O6S/c22-15-3-9-18(10-4-15)33(29,30)26-11-1-2-14(12-26)20(28)31-13-19(27)25-16-5-7-17(8-6-16)32-21(23)24/h3-10,14,21H,1-2,11-13H2,(H,25,27). The van der Waals surface area contributed by atoms with E-state index in [1.807, 2.05) is 0 Å². The molecule has 1 unspecified atom stereocenters. The minimum absolute atomic E-state index is 0.0770. The van der Waals surface area contributed by atoms with E-state index in [4.69, 9.17) is 4.74 Å². The molecule has 2 aromatic rings. The van der Waals surface area contributed by atoms with Crippen LogP contribution in [0.4, 0.5) is 18.9 Å². The Morgan fingerprint density at radius 1 is 1.09 bits per heavy atom. The summed E-state index contributed by atoms with van der Waals surface area (Å²) in [6.45, 7) is -3.48. The van der Waals surface area contributed by atoms with Crippen molar-refractivity contribution in [2.45, 2.75) is 24.3 Å². The van der Waals surface area contributed by atoms with E-state index in [0.29, 0.717) is 12.8 Å². The molecule has 0 aliphatic carbocycles. The molecule has 1 amide bonds. The largest absolute Gasteiger partial charge is 0.455 e. The molecule has 0 bridgehead atoms. The molecule has 12 heteroatoms. The predicted octanol–water partition coefficient (Wildman–Crippen LogP) is 3.01. The number of amides is 1. The molecule has 1 fully saturated rings. The van der Waals surface area contributed by atoms with Gasteiger partial charge < -0.3 is 14.8 Å². The lowest BCUT2D eigenvalue weighted by Crippen LogP contribution is -2.43. The van der Waals surface area contributed by atoms with Crippen molar-refractivity contribution in [2.24, 2.45) is 5.92 Å². The van der Waals surface area contributed by atoms with E-state index < -0.39 is 46.9 Å². The maximum Gasteiger partial charge on any atom is 0.387 e. The van der Waals surface area contributed by atoms with Crippen LogP contribution in [-0.4, -0.2) is 50.9 Å². The number of carbonyl (C=O) groups excluding carboxylic acids is 2. The van der Waals surface area contributed by atoms with Gasteiger partial charge in [-0.2, -0.15) is 13.1 Å². The third-order valence-electron chi connectivity index (χ3n) is 4.88. The average molecular weight is 486 g/mol. The highest BCUT2D eigenvalue weighted by Gasteiger charge is 2.34. The number of sulfonamides is 1. The normalized spacial score (nSPS) is 16.9. The van der Waals surface area contributed by atoms with Crippen molar-refractivity contribution >= 4 is 27.6 Å². The Hall–Kier alpha value is -3.12. The molecule has 8 nitrogen and oxygen atoms in total. The minimum atomic E-state index is -3.91. The molecule has 1 aliphatic rings. The summed E-state index contributed by atoms with van der Waals surface area (Å²) < 4.78 is 73.3. The minimum Gasteiger partial charge on any atom is -0.455 e. The lowest BCUT2D eigenvalue weighted by atomic mass is 10.00. The molecule has 0 radical (unpaired) electrons. The average Bonchev–Trinajstić information content (AvgIpc) is 2.79. The molecule has 1 N–H and O–H groups in total. The predicted molar refractivity (Wildman–Crippen MR) is 111 cm³/mol. The number of piperidine rings is 1. The number of hydrogen-bond donors (Lipinski definition) is 1. The topological polar surface area (TPSA) is 102 Å². The number of esters is 1. The molecule has 2 aromatic carbocycles. The summed E-state index contributed by atoms with van der Waals surface area (Å²) >= 11 is 0. The Kier molecular flexibility index (Phi) is 7.92. The van der Waals surface area contributed by atoms with E-state index in [1.165, 1.54) is 24.3 Å². The molecule has 178 valence electrons. The Bertz CT molecular complexity index is 1080. The first-order chi connectivity index (χ1) is 15.6. The smallest absolute Gasteiger partial charge is 0.387 e. The highest BCUT2D eigenvalue weighted by molar-refractivity contribution is 7.89. The van der Waals surface area contributed by atoms with Crippen LogP contribution in [0.1, 0.15) is 12.8 Å². The maximum absolute atomic E-state index is 13.1. The monoisotopic (exact) mass is 486 g/mol. The van der Waals surface area contributed by atoms with Crippen LogP contribution in [0.25, 0.3) is 0 Å². The number of halogens is 3. The number of rotatable bonds is 8.